The van der Waals surface area contributed by atoms with Crippen molar-refractivity contribution >= 4 is 11.6 Å². The van der Waals surface area contributed by atoms with Gasteiger partial charge in [-0.3, -0.25) is 4.90 Å². The topological polar surface area (TPSA) is 38.5 Å². The predicted molar refractivity (Wildman–Crippen MR) is 97.5 cm³/mol. The molecule has 1 heterocycles. The molecular formula is C20H23ClN2O. The molecule has 0 amide bonds. The van der Waals surface area contributed by atoms with Gasteiger partial charge in [0.2, 0.25) is 0 Å². The van der Waals surface area contributed by atoms with Gasteiger partial charge >= 0.3 is 0 Å². The molecule has 1 saturated heterocycles. The SMILES string of the molecule is NC1C2CCCCN(Cc3cccc(Oc4ccc(Cl)cc4)c3)C12. The van der Waals surface area contributed by atoms with Crippen molar-refractivity contribution in [2.45, 2.75) is 37.9 Å². The van der Waals surface area contributed by atoms with E-state index < -0.39 is 0 Å². The summed E-state index contributed by atoms with van der Waals surface area (Å²) >= 11 is 5.92. The number of nitrogens with two attached hydrogens (primary N) is 1. The highest BCUT2D eigenvalue weighted by Gasteiger charge is 2.51. The number of rotatable bonds is 4. The van der Waals surface area contributed by atoms with Crippen LogP contribution in [-0.2, 0) is 6.54 Å². The Hall–Kier alpha value is -1.55. The van der Waals surface area contributed by atoms with Crippen LogP contribution in [0.25, 0.3) is 0 Å². The number of halogens is 1. The Morgan fingerprint density at radius 2 is 1.92 bits per heavy atom. The van der Waals surface area contributed by atoms with Crippen molar-refractivity contribution in [3.8, 4) is 11.5 Å². The minimum absolute atomic E-state index is 0.374. The summed E-state index contributed by atoms with van der Waals surface area (Å²) in [6.45, 7) is 2.10. The van der Waals surface area contributed by atoms with Crippen LogP contribution in [0.15, 0.2) is 48.5 Å². The number of fused-ring (bicyclic) bond motifs is 1. The van der Waals surface area contributed by atoms with Crippen LogP contribution in [0.4, 0.5) is 0 Å². The summed E-state index contributed by atoms with van der Waals surface area (Å²) < 4.78 is 5.94. The Kier molecular flexibility index (Phi) is 4.49. The Balaban J connectivity index is 1.45. The van der Waals surface area contributed by atoms with Crippen LogP contribution < -0.4 is 10.5 Å². The molecule has 1 saturated carbocycles. The maximum atomic E-state index is 6.25. The number of ether oxygens (including phenoxy) is 1. The molecule has 0 spiro atoms. The fourth-order valence-electron chi connectivity index (χ4n) is 3.87. The zero-order valence-corrected chi connectivity index (χ0v) is 14.5. The number of likely N-dealkylation sites (tertiary alicyclic amines) is 1. The predicted octanol–water partition coefficient (Wildman–Crippen LogP) is 4.44. The van der Waals surface area contributed by atoms with Crippen LogP contribution in [0, 0.1) is 5.92 Å². The number of hydrogen-bond acceptors (Lipinski definition) is 3. The molecule has 3 unspecified atom stereocenters. The van der Waals surface area contributed by atoms with E-state index in [2.05, 4.69) is 23.1 Å². The lowest BCUT2D eigenvalue weighted by molar-refractivity contribution is 0.249. The second kappa shape index (κ2) is 6.75. The van der Waals surface area contributed by atoms with Crippen LogP contribution in [-0.4, -0.2) is 23.5 Å². The zero-order chi connectivity index (χ0) is 16.5. The maximum Gasteiger partial charge on any atom is 0.127 e. The summed E-state index contributed by atoms with van der Waals surface area (Å²) in [4.78, 5) is 2.56. The third-order valence-electron chi connectivity index (χ3n) is 5.17. The molecule has 2 N–H and O–H groups in total. The molecular weight excluding hydrogens is 320 g/mol. The smallest absolute Gasteiger partial charge is 0.127 e. The average molecular weight is 343 g/mol. The molecule has 4 heteroatoms. The summed E-state index contributed by atoms with van der Waals surface area (Å²) in [5.41, 5.74) is 7.53. The largest absolute Gasteiger partial charge is 0.457 e. The van der Waals surface area contributed by atoms with E-state index in [0.717, 1.165) is 24.6 Å². The van der Waals surface area contributed by atoms with Crippen molar-refractivity contribution in [2.75, 3.05) is 6.54 Å². The maximum absolute atomic E-state index is 6.25. The van der Waals surface area contributed by atoms with Crippen molar-refractivity contribution in [2.24, 2.45) is 11.7 Å². The van der Waals surface area contributed by atoms with Gasteiger partial charge in [-0.1, -0.05) is 30.2 Å². The third kappa shape index (κ3) is 3.44. The number of hydrogen-bond donors (Lipinski definition) is 1. The van der Waals surface area contributed by atoms with E-state index in [-0.39, 0.29) is 0 Å². The van der Waals surface area contributed by atoms with Gasteiger partial charge in [0.05, 0.1) is 0 Å². The van der Waals surface area contributed by atoms with Crippen LogP contribution >= 0.6 is 11.6 Å². The molecule has 0 radical (unpaired) electrons. The van der Waals surface area contributed by atoms with Gasteiger partial charge in [-0.15, -0.1) is 0 Å². The van der Waals surface area contributed by atoms with E-state index in [4.69, 9.17) is 22.1 Å². The lowest BCUT2D eigenvalue weighted by Gasteiger charge is -2.22. The van der Waals surface area contributed by atoms with Gasteiger partial charge in [-0.25, -0.2) is 0 Å². The molecule has 3 nitrogen and oxygen atoms in total. The average Bonchev–Trinajstić information content (AvgIpc) is 3.27. The van der Waals surface area contributed by atoms with E-state index in [0.29, 0.717) is 23.0 Å². The lowest BCUT2D eigenvalue weighted by Crippen LogP contribution is -2.30. The summed E-state index contributed by atoms with van der Waals surface area (Å²) in [5, 5.41) is 0.715. The summed E-state index contributed by atoms with van der Waals surface area (Å²) in [7, 11) is 0. The van der Waals surface area contributed by atoms with Crippen molar-refractivity contribution in [3.05, 3.63) is 59.1 Å². The molecule has 1 aliphatic heterocycles. The monoisotopic (exact) mass is 342 g/mol. The molecule has 2 fully saturated rings. The number of nitrogens with zero attached hydrogens (tertiary/aromatic N) is 1. The van der Waals surface area contributed by atoms with E-state index in [1.807, 2.05) is 30.3 Å². The van der Waals surface area contributed by atoms with Crippen molar-refractivity contribution < 1.29 is 4.74 Å². The van der Waals surface area contributed by atoms with E-state index in [1.165, 1.54) is 24.8 Å². The quantitative estimate of drug-likeness (QED) is 0.892. The van der Waals surface area contributed by atoms with Gasteiger partial charge in [-0.2, -0.15) is 0 Å². The van der Waals surface area contributed by atoms with Gasteiger partial charge in [0, 0.05) is 23.7 Å². The standard InChI is InChI=1S/C20H23ClN2O/c21-15-7-9-16(10-8-15)24-17-5-3-4-14(12-17)13-23-11-2-1-6-18-19(22)20(18)23/h3-5,7-10,12,18-20H,1-2,6,11,13,22H2. The van der Waals surface area contributed by atoms with E-state index in [1.54, 1.807) is 0 Å². The fraction of sp³-hybridized carbons (Fsp3) is 0.400. The van der Waals surface area contributed by atoms with Crippen LogP contribution in [0.5, 0.6) is 11.5 Å². The molecule has 2 aliphatic rings. The summed E-state index contributed by atoms with van der Waals surface area (Å²) in [5.74, 6) is 2.37. The van der Waals surface area contributed by atoms with Gasteiger partial charge < -0.3 is 10.5 Å². The first kappa shape index (κ1) is 15.9. The first-order valence-electron chi connectivity index (χ1n) is 8.73. The lowest BCUT2D eigenvalue weighted by atomic mass is 10.2. The van der Waals surface area contributed by atoms with Crippen LogP contribution in [0.1, 0.15) is 24.8 Å². The molecule has 4 rings (SSSR count). The fourth-order valence-corrected chi connectivity index (χ4v) is 3.99. The zero-order valence-electron chi connectivity index (χ0n) is 13.7. The molecule has 0 bridgehead atoms. The Morgan fingerprint density at radius 3 is 2.75 bits per heavy atom. The summed E-state index contributed by atoms with van der Waals surface area (Å²) in [6.07, 6.45) is 3.88. The minimum atomic E-state index is 0.374. The highest BCUT2D eigenvalue weighted by Crippen LogP contribution is 2.41. The first-order chi connectivity index (χ1) is 11.7. The Labute approximate surface area is 148 Å². The van der Waals surface area contributed by atoms with Crippen molar-refractivity contribution in [1.82, 2.24) is 4.90 Å². The van der Waals surface area contributed by atoms with Gasteiger partial charge in [0.15, 0.2) is 0 Å². The van der Waals surface area contributed by atoms with Gasteiger partial charge in [0.1, 0.15) is 11.5 Å². The Bertz CT molecular complexity index is 703. The second-order valence-corrected chi connectivity index (χ2v) is 7.34. The molecule has 126 valence electrons. The molecule has 2 aromatic carbocycles. The van der Waals surface area contributed by atoms with Crippen molar-refractivity contribution in [3.63, 3.8) is 0 Å². The molecule has 3 atom stereocenters. The highest BCUT2D eigenvalue weighted by molar-refractivity contribution is 6.30. The highest BCUT2D eigenvalue weighted by atomic mass is 35.5. The molecule has 1 aliphatic carbocycles. The summed E-state index contributed by atoms with van der Waals surface area (Å²) in [6, 6.07) is 16.8. The van der Waals surface area contributed by atoms with Gasteiger partial charge in [0.25, 0.3) is 0 Å². The first-order valence-corrected chi connectivity index (χ1v) is 9.10. The van der Waals surface area contributed by atoms with Gasteiger partial charge in [-0.05, 0) is 67.3 Å². The van der Waals surface area contributed by atoms with Crippen LogP contribution in [0.2, 0.25) is 5.02 Å². The molecule has 0 aromatic heterocycles. The second-order valence-electron chi connectivity index (χ2n) is 6.90. The van der Waals surface area contributed by atoms with Crippen molar-refractivity contribution in [1.29, 1.82) is 0 Å². The molecule has 2 aromatic rings. The number of benzene rings is 2. The third-order valence-corrected chi connectivity index (χ3v) is 5.43. The van der Waals surface area contributed by atoms with E-state index >= 15 is 0 Å². The normalized spacial score (nSPS) is 26.5. The van der Waals surface area contributed by atoms with Crippen LogP contribution in [0.3, 0.4) is 0 Å². The molecule has 24 heavy (non-hydrogen) atoms. The Morgan fingerprint density at radius 1 is 1.08 bits per heavy atom. The minimum Gasteiger partial charge on any atom is -0.457 e. The van der Waals surface area contributed by atoms with E-state index in [9.17, 15) is 0 Å².